The molecule has 13 heavy (non-hydrogen) atoms. The van der Waals surface area contributed by atoms with Crippen LogP contribution in [0.1, 0.15) is 34.1 Å². The number of hydrogen-bond donors (Lipinski definition) is 0. The maximum atomic E-state index is 11.3. The molecule has 0 amide bonds. The molecule has 0 aromatic carbocycles. The maximum absolute atomic E-state index is 11.3. The van der Waals surface area contributed by atoms with Crippen molar-refractivity contribution in [3.8, 4) is 0 Å². The molecule has 0 bridgehead atoms. The van der Waals surface area contributed by atoms with Gasteiger partial charge in [0.1, 0.15) is 0 Å². The van der Waals surface area contributed by atoms with Crippen molar-refractivity contribution in [1.82, 2.24) is 0 Å². The summed E-state index contributed by atoms with van der Waals surface area (Å²) < 4.78 is 10.3. The zero-order valence-corrected chi connectivity index (χ0v) is 8.59. The first-order valence-electron chi connectivity index (χ1n) is 4.46. The van der Waals surface area contributed by atoms with E-state index in [4.69, 9.17) is 9.47 Å². The zero-order valence-electron chi connectivity index (χ0n) is 8.59. The first-order chi connectivity index (χ1) is 5.94. The smallest absolute Gasteiger partial charge is 0.340 e. The SMILES string of the molecule is CC(C)=CCC1(C)O[C@@H](C)OC1=O. The van der Waals surface area contributed by atoms with Crippen molar-refractivity contribution in [1.29, 1.82) is 0 Å². The van der Waals surface area contributed by atoms with Crippen LogP contribution in [0.25, 0.3) is 0 Å². The van der Waals surface area contributed by atoms with Gasteiger partial charge in [0.15, 0.2) is 5.60 Å². The molecule has 1 fully saturated rings. The Morgan fingerprint density at radius 3 is 2.62 bits per heavy atom. The van der Waals surface area contributed by atoms with E-state index in [0.29, 0.717) is 6.42 Å². The largest absolute Gasteiger partial charge is 0.434 e. The molecule has 0 radical (unpaired) electrons. The minimum atomic E-state index is -0.781. The van der Waals surface area contributed by atoms with E-state index < -0.39 is 11.9 Å². The molecule has 3 heteroatoms. The van der Waals surface area contributed by atoms with Crippen LogP contribution in [0.2, 0.25) is 0 Å². The molecular formula is C10H16O3. The van der Waals surface area contributed by atoms with E-state index in [-0.39, 0.29) is 5.97 Å². The van der Waals surface area contributed by atoms with Gasteiger partial charge in [0, 0.05) is 6.42 Å². The van der Waals surface area contributed by atoms with Crippen LogP contribution in [-0.4, -0.2) is 17.9 Å². The normalized spacial score (nSPS) is 32.9. The standard InChI is InChI=1S/C10H16O3/c1-7(2)5-6-10(4)9(11)12-8(3)13-10/h5,8H,6H2,1-4H3/t8-,10?/m0/s1. The molecule has 2 atom stereocenters. The molecule has 0 saturated carbocycles. The second-order valence-corrected chi connectivity index (χ2v) is 3.81. The Morgan fingerprint density at radius 2 is 2.23 bits per heavy atom. The summed E-state index contributed by atoms with van der Waals surface area (Å²) >= 11 is 0. The lowest BCUT2D eigenvalue weighted by Crippen LogP contribution is -2.31. The van der Waals surface area contributed by atoms with Crippen molar-refractivity contribution in [3.05, 3.63) is 11.6 Å². The average molecular weight is 184 g/mol. The van der Waals surface area contributed by atoms with Gasteiger partial charge in [0.2, 0.25) is 6.29 Å². The molecule has 74 valence electrons. The van der Waals surface area contributed by atoms with Gasteiger partial charge in [0.05, 0.1) is 0 Å². The maximum Gasteiger partial charge on any atom is 0.340 e. The topological polar surface area (TPSA) is 35.5 Å². The van der Waals surface area contributed by atoms with Crippen LogP contribution in [0, 0.1) is 0 Å². The predicted octanol–water partition coefficient (Wildman–Crippen LogP) is 2.02. The number of cyclic esters (lactones) is 1. The van der Waals surface area contributed by atoms with Gasteiger partial charge in [-0.2, -0.15) is 0 Å². The van der Waals surface area contributed by atoms with E-state index >= 15 is 0 Å². The lowest BCUT2D eigenvalue weighted by Gasteiger charge is -2.16. The monoisotopic (exact) mass is 184 g/mol. The molecule has 1 heterocycles. The number of esters is 1. The fourth-order valence-corrected chi connectivity index (χ4v) is 1.24. The number of carbonyl (C=O) groups excluding carboxylic acids is 1. The van der Waals surface area contributed by atoms with E-state index in [1.165, 1.54) is 5.57 Å². The summed E-state index contributed by atoms with van der Waals surface area (Å²) in [6, 6.07) is 0. The number of rotatable bonds is 2. The zero-order chi connectivity index (χ0) is 10.1. The Hall–Kier alpha value is -0.830. The van der Waals surface area contributed by atoms with E-state index in [1.54, 1.807) is 13.8 Å². The van der Waals surface area contributed by atoms with E-state index in [2.05, 4.69) is 0 Å². The second-order valence-electron chi connectivity index (χ2n) is 3.81. The Kier molecular flexibility index (Phi) is 2.76. The van der Waals surface area contributed by atoms with Gasteiger partial charge < -0.3 is 9.47 Å². The minimum absolute atomic E-state index is 0.266. The number of ether oxygens (including phenoxy) is 2. The Labute approximate surface area is 78.7 Å². The van der Waals surface area contributed by atoms with Crippen LogP contribution >= 0.6 is 0 Å². The average Bonchev–Trinajstić information content (AvgIpc) is 2.23. The molecular weight excluding hydrogens is 168 g/mol. The summed E-state index contributed by atoms with van der Waals surface area (Å²) in [5, 5.41) is 0. The molecule has 0 aromatic rings. The molecule has 0 aromatic heterocycles. The van der Waals surface area contributed by atoms with Crippen molar-refractivity contribution in [2.24, 2.45) is 0 Å². The summed E-state index contributed by atoms with van der Waals surface area (Å²) in [6.07, 6.45) is 2.15. The van der Waals surface area contributed by atoms with Crippen molar-refractivity contribution >= 4 is 5.97 Å². The molecule has 1 unspecified atom stereocenters. The van der Waals surface area contributed by atoms with Gasteiger partial charge in [-0.15, -0.1) is 0 Å². The molecule has 0 aliphatic carbocycles. The van der Waals surface area contributed by atoms with Crippen molar-refractivity contribution < 1.29 is 14.3 Å². The summed E-state index contributed by atoms with van der Waals surface area (Å²) in [4.78, 5) is 11.3. The molecule has 0 N–H and O–H groups in total. The molecule has 0 spiro atoms. The summed E-state index contributed by atoms with van der Waals surface area (Å²) in [6.45, 7) is 7.48. The third kappa shape index (κ3) is 2.31. The van der Waals surface area contributed by atoms with Crippen LogP contribution < -0.4 is 0 Å². The van der Waals surface area contributed by atoms with Gasteiger partial charge in [0.25, 0.3) is 0 Å². The highest BCUT2D eigenvalue weighted by Gasteiger charge is 2.43. The van der Waals surface area contributed by atoms with Crippen LogP contribution in [0.3, 0.4) is 0 Å². The van der Waals surface area contributed by atoms with E-state index in [0.717, 1.165) is 0 Å². The fraction of sp³-hybridized carbons (Fsp3) is 0.700. The highest BCUT2D eigenvalue weighted by atomic mass is 16.8. The van der Waals surface area contributed by atoms with Crippen LogP contribution in [0.5, 0.6) is 0 Å². The molecule has 1 aliphatic heterocycles. The summed E-state index contributed by atoms with van der Waals surface area (Å²) in [5.41, 5.74) is 0.397. The predicted molar refractivity (Wildman–Crippen MR) is 49.1 cm³/mol. The number of allylic oxidation sites excluding steroid dienone is 1. The van der Waals surface area contributed by atoms with Crippen LogP contribution in [0.4, 0.5) is 0 Å². The number of carbonyl (C=O) groups is 1. The highest BCUT2D eigenvalue weighted by molar-refractivity contribution is 5.80. The first-order valence-corrected chi connectivity index (χ1v) is 4.46. The Balaban J connectivity index is 2.66. The molecule has 1 aliphatic rings. The highest BCUT2D eigenvalue weighted by Crippen LogP contribution is 2.28. The number of hydrogen-bond acceptors (Lipinski definition) is 3. The van der Waals surface area contributed by atoms with Gasteiger partial charge >= 0.3 is 5.97 Å². The summed E-state index contributed by atoms with van der Waals surface area (Å²) in [7, 11) is 0. The van der Waals surface area contributed by atoms with Gasteiger partial charge in [-0.1, -0.05) is 11.6 Å². The van der Waals surface area contributed by atoms with Crippen molar-refractivity contribution in [2.45, 2.75) is 46.0 Å². The Bertz CT molecular complexity index is 241. The van der Waals surface area contributed by atoms with Crippen molar-refractivity contribution in [3.63, 3.8) is 0 Å². The third-order valence-electron chi connectivity index (χ3n) is 2.03. The fourth-order valence-electron chi connectivity index (χ4n) is 1.24. The lowest BCUT2D eigenvalue weighted by atomic mass is 10.0. The molecule has 1 rings (SSSR count). The minimum Gasteiger partial charge on any atom is -0.434 e. The summed E-state index contributed by atoms with van der Waals surface area (Å²) in [5.74, 6) is -0.266. The third-order valence-corrected chi connectivity index (χ3v) is 2.03. The lowest BCUT2D eigenvalue weighted by molar-refractivity contribution is -0.144. The Morgan fingerprint density at radius 1 is 1.62 bits per heavy atom. The van der Waals surface area contributed by atoms with Crippen molar-refractivity contribution in [2.75, 3.05) is 0 Å². The first kappa shape index (κ1) is 10.3. The molecule has 1 saturated heterocycles. The second kappa shape index (κ2) is 3.50. The van der Waals surface area contributed by atoms with Gasteiger partial charge in [-0.05, 0) is 27.7 Å². The van der Waals surface area contributed by atoms with E-state index in [9.17, 15) is 4.79 Å². The van der Waals surface area contributed by atoms with Crippen LogP contribution in [-0.2, 0) is 14.3 Å². The van der Waals surface area contributed by atoms with E-state index in [1.807, 2.05) is 19.9 Å². The van der Waals surface area contributed by atoms with Gasteiger partial charge in [-0.25, -0.2) is 4.79 Å². The van der Waals surface area contributed by atoms with Crippen LogP contribution in [0.15, 0.2) is 11.6 Å². The van der Waals surface area contributed by atoms with Gasteiger partial charge in [-0.3, -0.25) is 0 Å². The molecule has 3 nitrogen and oxygen atoms in total. The quantitative estimate of drug-likeness (QED) is 0.486.